The molecular weight excluding hydrogens is 511 g/mol. The number of rotatable bonds is 4. The van der Waals surface area contributed by atoms with Gasteiger partial charge in [-0.3, -0.25) is 4.79 Å². The average Bonchev–Trinajstić information content (AvgIpc) is 2.23. The third-order valence-electron chi connectivity index (χ3n) is 1.92. The van der Waals surface area contributed by atoms with Crippen LogP contribution in [0.15, 0.2) is 12.1 Å². The Labute approximate surface area is 160 Å². The van der Waals surface area contributed by atoms with E-state index in [1.54, 1.807) is 0 Å². The number of carbonyl (C=O) groups is 1. The van der Waals surface area contributed by atoms with Gasteiger partial charge in [0.05, 0.1) is 23.0 Å². The van der Waals surface area contributed by atoms with E-state index >= 15 is 0 Å². The zero-order valence-electron chi connectivity index (χ0n) is 9.81. The molecule has 1 rings (SSSR count). The van der Waals surface area contributed by atoms with E-state index in [0.29, 0.717) is 12.7 Å². The summed E-state index contributed by atoms with van der Waals surface area (Å²) < 4.78 is 32.1. The van der Waals surface area contributed by atoms with Crippen LogP contribution in [0.1, 0.15) is 10.4 Å². The molecule has 0 heterocycles. The normalized spacial score (nSPS) is 10.7. The predicted octanol–water partition coefficient (Wildman–Crippen LogP) is -2.12. The number of phenolic OH excluding ortho intramolecular Hbond substituents is 1. The Hall–Kier alpha value is 0.860. The molecule has 0 fully saturated rings. The number of aromatic hydroxyl groups is 1. The van der Waals surface area contributed by atoms with E-state index in [2.05, 4.69) is 5.32 Å². The number of benzene rings is 1. The number of hydrogen-bond acceptors (Lipinski definition) is 5. The maximum atomic E-state index is 11.6. The van der Waals surface area contributed by atoms with Gasteiger partial charge in [0.15, 0.2) is 0 Å². The van der Waals surface area contributed by atoms with Crippen molar-refractivity contribution < 1.29 is 52.4 Å². The number of hydrogen-bond donors (Lipinski definition) is 2. The number of phenols is 1. The summed E-state index contributed by atoms with van der Waals surface area (Å²) in [6, 6.07) is 2.94. The van der Waals surface area contributed by atoms with E-state index in [-0.39, 0.29) is 41.9 Å². The molecule has 100 valence electrons. The van der Waals surface area contributed by atoms with Crippen molar-refractivity contribution in [1.82, 2.24) is 5.32 Å². The Kier molecular flexibility index (Phi) is 8.72. The van der Waals surface area contributed by atoms with Crippen LogP contribution < -0.4 is 34.9 Å². The molecule has 2 N–H and O–H groups in total. The maximum absolute atomic E-state index is 11.6. The van der Waals surface area contributed by atoms with Gasteiger partial charge in [0.25, 0.3) is 5.91 Å². The summed E-state index contributed by atoms with van der Waals surface area (Å²) in [5.41, 5.74) is 0.296. The van der Waals surface area contributed by atoms with Crippen LogP contribution >= 0.6 is 45.2 Å². The van der Waals surface area contributed by atoms with Crippen molar-refractivity contribution in [2.45, 2.75) is 0 Å². The van der Waals surface area contributed by atoms with Gasteiger partial charge in [0, 0.05) is 12.1 Å². The van der Waals surface area contributed by atoms with Crippen molar-refractivity contribution in [3.63, 3.8) is 0 Å². The molecule has 0 unspecified atom stereocenters. The molecule has 0 aromatic heterocycles. The van der Waals surface area contributed by atoms with Crippen LogP contribution in [0, 0.1) is 7.14 Å². The van der Waals surface area contributed by atoms with Crippen molar-refractivity contribution in [2.24, 2.45) is 0 Å². The summed E-state index contributed by atoms with van der Waals surface area (Å²) in [5.74, 6) is -1.05. The summed E-state index contributed by atoms with van der Waals surface area (Å²) in [7, 11) is -4.33. The monoisotopic (exact) mass is 519 g/mol. The number of carbonyl (C=O) groups excluding carboxylic acids is 1. The minimum absolute atomic E-state index is 0. The zero-order valence-corrected chi connectivity index (χ0v) is 16.9. The molecule has 0 saturated heterocycles. The second-order valence-corrected chi connectivity index (χ2v) is 7.15. The largest absolute Gasteiger partial charge is 1.00 e. The summed E-state index contributed by atoms with van der Waals surface area (Å²) in [6.07, 6.45) is 0. The smallest absolute Gasteiger partial charge is 0.748 e. The van der Waals surface area contributed by atoms with Gasteiger partial charge in [-0.05, 0) is 57.3 Å². The number of amides is 1. The topological polar surface area (TPSA) is 107 Å². The zero-order chi connectivity index (χ0) is 13.9. The molecule has 1 aromatic rings. The van der Waals surface area contributed by atoms with Gasteiger partial charge < -0.3 is 15.0 Å². The van der Waals surface area contributed by atoms with Gasteiger partial charge in [-0.1, -0.05) is 0 Å². The molecule has 0 saturated carbocycles. The van der Waals surface area contributed by atoms with E-state index < -0.39 is 21.8 Å². The standard InChI is InChI=1S/C9H9I2NO5S.Na/c10-6-3-5(4-7(11)8(6)13)9(14)12-1-2-18(15,16)17;/h3-4,13H,1-2H2,(H,12,14)(H,15,16,17);/q;+1/p-1. The third kappa shape index (κ3) is 6.91. The SMILES string of the molecule is O=C(NCCS(=O)(=O)[O-])c1cc(I)c(O)c(I)c1.[Na+]. The fourth-order valence-corrected chi connectivity index (χ4v) is 3.21. The van der Waals surface area contributed by atoms with Gasteiger partial charge in [-0.2, -0.15) is 0 Å². The van der Waals surface area contributed by atoms with Crippen molar-refractivity contribution in [1.29, 1.82) is 0 Å². The van der Waals surface area contributed by atoms with Crippen LogP contribution in [0.3, 0.4) is 0 Å². The summed E-state index contributed by atoms with van der Waals surface area (Å²) >= 11 is 3.76. The van der Waals surface area contributed by atoms with Crippen LogP contribution in [-0.4, -0.2) is 36.3 Å². The molecule has 10 heteroatoms. The Morgan fingerprint density at radius 2 is 1.79 bits per heavy atom. The molecule has 0 radical (unpaired) electrons. The predicted molar refractivity (Wildman–Crippen MR) is 80.4 cm³/mol. The molecule has 6 nitrogen and oxygen atoms in total. The van der Waals surface area contributed by atoms with Gasteiger partial charge >= 0.3 is 29.6 Å². The second-order valence-electron chi connectivity index (χ2n) is 3.31. The molecule has 0 aliphatic rings. The summed E-state index contributed by atoms with van der Waals surface area (Å²) in [5, 5.41) is 11.9. The first-order valence-corrected chi connectivity index (χ1v) is 8.34. The Balaban J connectivity index is 0.00000324. The molecule has 1 aromatic carbocycles. The van der Waals surface area contributed by atoms with E-state index in [9.17, 15) is 22.9 Å². The van der Waals surface area contributed by atoms with Crippen LogP contribution in [-0.2, 0) is 10.1 Å². The van der Waals surface area contributed by atoms with Gasteiger partial charge in [-0.25, -0.2) is 8.42 Å². The van der Waals surface area contributed by atoms with Crippen LogP contribution in [0.2, 0.25) is 0 Å². The molecule has 0 aliphatic carbocycles. The summed E-state index contributed by atoms with van der Waals surface area (Å²) in [6.45, 7) is -0.237. The Morgan fingerprint density at radius 3 is 2.21 bits per heavy atom. The van der Waals surface area contributed by atoms with E-state index in [0.717, 1.165) is 0 Å². The fraction of sp³-hybridized carbons (Fsp3) is 0.222. The third-order valence-corrected chi connectivity index (χ3v) is 4.27. The first-order valence-electron chi connectivity index (χ1n) is 4.60. The van der Waals surface area contributed by atoms with Gasteiger partial charge in [0.2, 0.25) is 0 Å². The molecule has 0 atom stereocenters. The molecule has 19 heavy (non-hydrogen) atoms. The average molecular weight is 519 g/mol. The van der Waals surface area contributed by atoms with E-state index in [4.69, 9.17) is 0 Å². The van der Waals surface area contributed by atoms with E-state index in [1.165, 1.54) is 12.1 Å². The summed E-state index contributed by atoms with van der Waals surface area (Å²) in [4.78, 5) is 11.6. The molecule has 0 bridgehead atoms. The minimum Gasteiger partial charge on any atom is -0.748 e. The molecule has 0 spiro atoms. The van der Waals surface area contributed by atoms with Crippen LogP contribution in [0.4, 0.5) is 0 Å². The van der Waals surface area contributed by atoms with Crippen molar-refractivity contribution >= 4 is 61.2 Å². The fourth-order valence-electron chi connectivity index (χ4n) is 1.09. The Bertz CT molecular complexity index is 555. The molecular formula is C9H8I2NNaO5S. The van der Waals surface area contributed by atoms with Crippen LogP contribution in [0.5, 0.6) is 5.75 Å². The second kappa shape index (κ2) is 8.34. The van der Waals surface area contributed by atoms with Crippen molar-refractivity contribution in [3.05, 3.63) is 24.8 Å². The van der Waals surface area contributed by atoms with E-state index in [1.807, 2.05) is 45.2 Å². The maximum Gasteiger partial charge on any atom is 1.00 e. The quantitative estimate of drug-likeness (QED) is 0.269. The van der Waals surface area contributed by atoms with Crippen LogP contribution in [0.25, 0.3) is 0 Å². The van der Waals surface area contributed by atoms with Crippen molar-refractivity contribution in [2.75, 3.05) is 12.3 Å². The van der Waals surface area contributed by atoms with Gasteiger partial charge in [0.1, 0.15) is 5.75 Å². The minimum atomic E-state index is -4.33. The number of halogens is 2. The first kappa shape index (κ1) is 19.9. The molecule has 1 amide bonds. The molecule has 0 aliphatic heterocycles. The van der Waals surface area contributed by atoms with Crippen molar-refractivity contribution in [3.8, 4) is 5.75 Å². The first-order chi connectivity index (χ1) is 8.20. The Morgan fingerprint density at radius 1 is 1.32 bits per heavy atom. The number of nitrogens with one attached hydrogen (secondary N) is 1. The van der Waals surface area contributed by atoms with Gasteiger partial charge in [-0.15, -0.1) is 0 Å².